The molecule has 0 saturated carbocycles. The minimum Gasteiger partial charge on any atom is -0.478 e. The Bertz CT molecular complexity index is 959. The summed E-state index contributed by atoms with van der Waals surface area (Å²) >= 11 is 0. The maximum absolute atomic E-state index is 13.5. The molecule has 2 fully saturated rings. The van der Waals surface area contributed by atoms with Gasteiger partial charge in [0.2, 0.25) is 0 Å². The Morgan fingerprint density at radius 2 is 1.91 bits per heavy atom. The van der Waals surface area contributed by atoms with Gasteiger partial charge in [-0.2, -0.15) is 0 Å². The zero-order chi connectivity index (χ0) is 22.9. The van der Waals surface area contributed by atoms with Crippen LogP contribution in [-0.2, 0) is 17.7 Å². The first-order chi connectivity index (χ1) is 15.3. The lowest BCUT2D eigenvalue weighted by Crippen LogP contribution is -2.40. The molecule has 0 spiro atoms. The second-order valence-electron chi connectivity index (χ2n) is 8.79. The van der Waals surface area contributed by atoms with Crippen LogP contribution in [-0.4, -0.2) is 60.8 Å². The number of aromatic carboxylic acids is 1. The van der Waals surface area contributed by atoms with Crippen molar-refractivity contribution >= 4 is 22.6 Å². The third kappa shape index (κ3) is 4.62. The summed E-state index contributed by atoms with van der Waals surface area (Å²) in [6.07, 6.45) is 2.08. The highest BCUT2D eigenvalue weighted by atomic mass is 19.3. The predicted molar refractivity (Wildman–Crippen MR) is 119 cm³/mol. The first kappa shape index (κ1) is 23.0. The van der Waals surface area contributed by atoms with Gasteiger partial charge in [-0.15, -0.1) is 0 Å². The number of carboxylic acids is 1. The van der Waals surface area contributed by atoms with Crippen LogP contribution < -0.4 is 4.90 Å². The number of halogens is 2. The molecule has 1 N–H and O–H groups in total. The molecule has 4 rings (SSSR count). The van der Waals surface area contributed by atoms with Crippen LogP contribution in [0.2, 0.25) is 0 Å². The monoisotopic (exact) mass is 450 g/mol. The molecule has 2 aliphatic heterocycles. The Kier molecular flexibility index (Phi) is 6.72. The van der Waals surface area contributed by atoms with E-state index < -0.39 is 11.9 Å². The molecule has 3 heterocycles. The van der Waals surface area contributed by atoms with E-state index in [1.807, 2.05) is 17.9 Å². The van der Waals surface area contributed by atoms with Crippen LogP contribution in [0.15, 0.2) is 16.5 Å². The fourth-order valence-electron chi connectivity index (χ4n) is 5.08. The van der Waals surface area contributed by atoms with Gasteiger partial charge in [0, 0.05) is 68.9 Å². The Morgan fingerprint density at radius 3 is 2.50 bits per heavy atom. The molecule has 2 aromatic rings. The van der Waals surface area contributed by atoms with Gasteiger partial charge < -0.3 is 19.2 Å². The smallest absolute Gasteiger partial charge is 0.336 e. The Morgan fingerprint density at radius 1 is 1.22 bits per heavy atom. The maximum atomic E-state index is 13.5. The van der Waals surface area contributed by atoms with Crippen molar-refractivity contribution in [2.75, 3.05) is 37.7 Å². The summed E-state index contributed by atoms with van der Waals surface area (Å²) in [7, 11) is 0. The molecule has 0 radical (unpaired) electrons. The highest BCUT2D eigenvalue weighted by Crippen LogP contribution is 2.37. The van der Waals surface area contributed by atoms with Gasteiger partial charge in [-0.05, 0) is 37.8 Å². The molecule has 0 amide bonds. The molecule has 176 valence electrons. The first-order valence-corrected chi connectivity index (χ1v) is 11.6. The lowest BCUT2D eigenvalue weighted by Gasteiger charge is -2.36. The number of nitrogens with zero attached hydrogens (tertiary/aromatic N) is 2. The van der Waals surface area contributed by atoms with Crippen molar-refractivity contribution in [3.63, 3.8) is 0 Å². The van der Waals surface area contributed by atoms with Crippen LogP contribution in [0.25, 0.3) is 11.0 Å². The van der Waals surface area contributed by atoms with Gasteiger partial charge in [0.1, 0.15) is 11.3 Å². The average molecular weight is 451 g/mol. The van der Waals surface area contributed by atoms with Gasteiger partial charge in [0.15, 0.2) is 0 Å². The second kappa shape index (κ2) is 9.35. The van der Waals surface area contributed by atoms with Crippen molar-refractivity contribution in [2.24, 2.45) is 0 Å². The van der Waals surface area contributed by atoms with Crippen LogP contribution in [0.1, 0.15) is 61.2 Å². The minimum atomic E-state index is -2.60. The number of carboxylic acid groups (broad SMARTS) is 1. The lowest BCUT2D eigenvalue weighted by molar-refractivity contribution is -0.0575. The number of ether oxygens (including phenoxy) is 1. The first-order valence-electron chi connectivity index (χ1n) is 11.6. The van der Waals surface area contributed by atoms with E-state index in [0.717, 1.165) is 30.6 Å². The topological polar surface area (TPSA) is 66.2 Å². The van der Waals surface area contributed by atoms with Gasteiger partial charge in [-0.25, -0.2) is 13.6 Å². The van der Waals surface area contributed by atoms with E-state index in [-0.39, 0.29) is 18.4 Å². The summed E-state index contributed by atoms with van der Waals surface area (Å²) in [5.74, 6) is -2.96. The van der Waals surface area contributed by atoms with Crippen LogP contribution in [0, 0.1) is 0 Å². The van der Waals surface area contributed by atoms with Gasteiger partial charge in [-0.3, -0.25) is 4.90 Å². The molecule has 0 aliphatic carbocycles. The molecule has 0 bridgehead atoms. The SMILES string of the molecule is CCc1c(N(CC)C2CCOCC2)cc2oc(CN3CCC(F)(F)CC3)cc2c1C(=O)O. The van der Waals surface area contributed by atoms with E-state index in [0.29, 0.717) is 62.0 Å². The normalized spacial score (nSPS) is 20.0. The van der Waals surface area contributed by atoms with Crippen molar-refractivity contribution in [3.8, 4) is 0 Å². The van der Waals surface area contributed by atoms with Crippen LogP contribution in [0.4, 0.5) is 14.5 Å². The highest BCUT2D eigenvalue weighted by Gasteiger charge is 2.34. The standard InChI is InChI=1S/C24H32F2N2O4/c1-3-18-20(28(4-2)16-5-11-31-12-6-16)14-21-19(22(18)23(29)30)13-17(32-21)15-27-9-7-24(25,26)8-10-27/h13-14,16H,3-12,15H2,1-2H3,(H,29,30). The van der Waals surface area contributed by atoms with Crippen molar-refractivity contribution in [1.29, 1.82) is 0 Å². The van der Waals surface area contributed by atoms with Gasteiger partial charge in [0.05, 0.1) is 12.1 Å². The number of benzene rings is 1. The highest BCUT2D eigenvalue weighted by molar-refractivity contribution is 6.06. The number of hydrogen-bond donors (Lipinski definition) is 1. The number of piperidine rings is 1. The van der Waals surface area contributed by atoms with Crippen molar-refractivity contribution in [1.82, 2.24) is 4.90 Å². The van der Waals surface area contributed by atoms with Crippen LogP contribution in [0.5, 0.6) is 0 Å². The lowest BCUT2D eigenvalue weighted by atomic mass is 9.96. The molecule has 6 nitrogen and oxygen atoms in total. The zero-order valence-corrected chi connectivity index (χ0v) is 18.8. The minimum absolute atomic E-state index is 0.158. The van der Waals surface area contributed by atoms with E-state index >= 15 is 0 Å². The van der Waals surface area contributed by atoms with Crippen LogP contribution >= 0.6 is 0 Å². The molecule has 0 atom stereocenters. The van der Waals surface area contributed by atoms with Gasteiger partial charge in [0.25, 0.3) is 5.92 Å². The molecular weight excluding hydrogens is 418 g/mol. The number of alkyl halides is 2. The molecular formula is C24H32F2N2O4. The molecule has 1 aromatic heterocycles. The maximum Gasteiger partial charge on any atom is 0.336 e. The van der Waals surface area contributed by atoms with E-state index in [4.69, 9.17) is 9.15 Å². The number of fused-ring (bicyclic) bond motifs is 1. The third-order valence-corrected chi connectivity index (χ3v) is 6.78. The van der Waals surface area contributed by atoms with Crippen LogP contribution in [0.3, 0.4) is 0 Å². The van der Waals surface area contributed by atoms with E-state index in [1.54, 1.807) is 6.07 Å². The fraction of sp³-hybridized carbons (Fsp3) is 0.625. The molecule has 0 unspecified atom stereocenters. The van der Waals surface area contributed by atoms with Gasteiger partial charge >= 0.3 is 5.97 Å². The summed E-state index contributed by atoms with van der Waals surface area (Å²) in [6, 6.07) is 4.04. The van der Waals surface area contributed by atoms with Gasteiger partial charge in [-0.1, -0.05) is 6.92 Å². The van der Waals surface area contributed by atoms with E-state index in [2.05, 4.69) is 11.8 Å². The van der Waals surface area contributed by atoms with Crippen molar-refractivity contribution in [2.45, 2.75) is 64.5 Å². The zero-order valence-electron chi connectivity index (χ0n) is 18.8. The number of anilines is 1. The number of rotatable bonds is 7. The van der Waals surface area contributed by atoms with E-state index in [9.17, 15) is 18.7 Å². The third-order valence-electron chi connectivity index (χ3n) is 6.78. The van der Waals surface area contributed by atoms with Crippen molar-refractivity contribution in [3.05, 3.63) is 29.0 Å². The van der Waals surface area contributed by atoms with E-state index in [1.165, 1.54) is 0 Å². The fourth-order valence-corrected chi connectivity index (χ4v) is 5.08. The Labute approximate surface area is 187 Å². The molecule has 1 aromatic carbocycles. The summed E-state index contributed by atoms with van der Waals surface area (Å²) in [4.78, 5) is 16.6. The molecule has 2 saturated heterocycles. The summed E-state index contributed by atoms with van der Waals surface area (Å²) in [6.45, 7) is 7.23. The van der Waals surface area contributed by atoms with Crippen molar-refractivity contribution < 1.29 is 27.8 Å². The molecule has 2 aliphatic rings. The Balaban J connectivity index is 1.71. The number of carbonyl (C=O) groups is 1. The quantitative estimate of drug-likeness (QED) is 0.645. The number of hydrogen-bond acceptors (Lipinski definition) is 5. The summed E-state index contributed by atoms with van der Waals surface area (Å²) in [5, 5.41) is 10.7. The Hall–Kier alpha value is -2.19. The number of likely N-dealkylation sites (tertiary alicyclic amines) is 1. The number of furan rings is 1. The molecule has 32 heavy (non-hydrogen) atoms. The average Bonchev–Trinajstić information content (AvgIpc) is 3.17. The summed E-state index contributed by atoms with van der Waals surface area (Å²) < 4.78 is 38.6. The second-order valence-corrected chi connectivity index (χ2v) is 8.79. The molecule has 8 heteroatoms. The summed E-state index contributed by atoms with van der Waals surface area (Å²) in [5.41, 5.74) is 2.54. The largest absolute Gasteiger partial charge is 0.478 e. The predicted octanol–water partition coefficient (Wildman–Crippen LogP) is 4.93.